The van der Waals surface area contributed by atoms with Crippen LogP contribution in [0.3, 0.4) is 0 Å². The van der Waals surface area contributed by atoms with Gasteiger partial charge in [0.25, 0.3) is 0 Å². The number of piperidine rings is 1. The summed E-state index contributed by atoms with van der Waals surface area (Å²) < 4.78 is 0. The minimum Gasteiger partial charge on any atom is -0.389 e. The molecule has 31 heavy (non-hydrogen) atoms. The molecule has 0 radical (unpaired) electrons. The topological polar surface area (TPSA) is 57.2 Å². The van der Waals surface area contributed by atoms with Gasteiger partial charge in [-0.2, -0.15) is 0 Å². The van der Waals surface area contributed by atoms with Crippen LogP contribution in [0.2, 0.25) is 0 Å². The Morgan fingerprint density at radius 2 is 1.81 bits per heavy atom. The molecule has 6 nitrogen and oxygen atoms in total. The molecule has 1 aromatic carbocycles. The Labute approximate surface area is 186 Å². The number of amides is 1. The SMILES string of the molecule is O=C(NCC1CCCCC1)C1CCN(C2=NO[C@H]3CN(Cc4ccccc4)C[C@H]23)CC1. The van der Waals surface area contributed by atoms with Gasteiger partial charge in [-0.15, -0.1) is 0 Å². The summed E-state index contributed by atoms with van der Waals surface area (Å²) in [7, 11) is 0. The highest BCUT2D eigenvalue weighted by molar-refractivity contribution is 5.87. The normalized spacial score (nSPS) is 27.6. The zero-order chi connectivity index (χ0) is 21.0. The lowest BCUT2D eigenvalue weighted by Gasteiger charge is -2.34. The average molecular weight is 425 g/mol. The molecule has 1 amide bonds. The summed E-state index contributed by atoms with van der Waals surface area (Å²) in [5, 5.41) is 7.72. The molecule has 168 valence electrons. The first-order valence-corrected chi connectivity index (χ1v) is 12.3. The summed E-state index contributed by atoms with van der Waals surface area (Å²) in [6.45, 7) is 5.60. The van der Waals surface area contributed by atoms with Gasteiger partial charge in [0.2, 0.25) is 5.91 Å². The first-order valence-electron chi connectivity index (χ1n) is 12.3. The minimum absolute atomic E-state index is 0.150. The molecule has 3 heterocycles. The number of nitrogens with zero attached hydrogens (tertiary/aromatic N) is 3. The second kappa shape index (κ2) is 9.60. The second-order valence-corrected chi connectivity index (χ2v) is 9.89. The number of benzene rings is 1. The van der Waals surface area contributed by atoms with Gasteiger partial charge < -0.3 is 15.1 Å². The van der Waals surface area contributed by atoms with Crippen LogP contribution in [0.1, 0.15) is 50.5 Å². The van der Waals surface area contributed by atoms with Gasteiger partial charge in [0.1, 0.15) is 0 Å². The lowest BCUT2D eigenvalue weighted by atomic mass is 9.89. The second-order valence-electron chi connectivity index (χ2n) is 9.89. The van der Waals surface area contributed by atoms with Crippen LogP contribution < -0.4 is 5.32 Å². The van der Waals surface area contributed by atoms with Crippen LogP contribution in [0.5, 0.6) is 0 Å². The number of rotatable bonds is 5. The van der Waals surface area contributed by atoms with Gasteiger partial charge in [0.05, 0.1) is 5.92 Å². The van der Waals surface area contributed by atoms with Gasteiger partial charge in [-0.25, -0.2) is 0 Å². The van der Waals surface area contributed by atoms with Crippen molar-refractivity contribution in [2.24, 2.45) is 22.9 Å². The summed E-state index contributed by atoms with van der Waals surface area (Å²) in [5.41, 5.74) is 1.35. The molecule has 5 rings (SSSR count). The zero-order valence-corrected chi connectivity index (χ0v) is 18.5. The van der Waals surface area contributed by atoms with E-state index in [4.69, 9.17) is 4.84 Å². The van der Waals surface area contributed by atoms with E-state index in [2.05, 4.69) is 50.6 Å². The van der Waals surface area contributed by atoms with Crippen LogP contribution in [-0.4, -0.2) is 60.4 Å². The van der Waals surface area contributed by atoms with Crippen molar-refractivity contribution in [1.29, 1.82) is 0 Å². The molecule has 6 heteroatoms. The fraction of sp³-hybridized carbons (Fsp3) is 0.680. The van der Waals surface area contributed by atoms with Crippen molar-refractivity contribution < 1.29 is 9.63 Å². The van der Waals surface area contributed by atoms with Crippen molar-refractivity contribution in [2.75, 3.05) is 32.7 Å². The number of fused-ring (bicyclic) bond motifs is 1. The van der Waals surface area contributed by atoms with Gasteiger partial charge in [0.15, 0.2) is 11.9 Å². The van der Waals surface area contributed by atoms with E-state index in [1.165, 1.54) is 37.7 Å². The van der Waals surface area contributed by atoms with Crippen molar-refractivity contribution >= 4 is 11.7 Å². The lowest BCUT2D eigenvalue weighted by Crippen LogP contribution is -2.46. The largest absolute Gasteiger partial charge is 0.389 e. The van der Waals surface area contributed by atoms with Crippen LogP contribution in [-0.2, 0) is 16.2 Å². The standard InChI is InChI=1S/C25H36N4O2/c30-25(26-15-19-7-3-1-4-8-19)21-11-13-29(14-12-21)24-22-17-28(18-23(22)31-27-24)16-20-9-5-2-6-10-20/h2,5-6,9-10,19,21-23H,1,3-4,7-8,11-18H2,(H,26,30)/t22-,23-/m0/s1. The van der Waals surface area contributed by atoms with Crippen LogP contribution in [0.15, 0.2) is 35.5 Å². The average Bonchev–Trinajstić information content (AvgIpc) is 3.39. The Morgan fingerprint density at radius 3 is 2.58 bits per heavy atom. The van der Waals surface area contributed by atoms with E-state index in [-0.39, 0.29) is 17.9 Å². The van der Waals surface area contributed by atoms with Crippen LogP contribution in [0.4, 0.5) is 0 Å². The number of carbonyl (C=O) groups excluding carboxylic acids is 1. The van der Waals surface area contributed by atoms with Crippen molar-refractivity contribution in [3.8, 4) is 0 Å². The first kappa shape index (κ1) is 20.8. The lowest BCUT2D eigenvalue weighted by molar-refractivity contribution is -0.126. The number of hydrogen-bond donors (Lipinski definition) is 1. The van der Waals surface area contributed by atoms with Crippen LogP contribution >= 0.6 is 0 Å². The molecule has 0 unspecified atom stereocenters. The maximum atomic E-state index is 12.7. The van der Waals surface area contributed by atoms with Gasteiger partial charge in [0, 0.05) is 45.2 Å². The predicted octanol–water partition coefficient (Wildman–Crippen LogP) is 3.24. The van der Waals surface area contributed by atoms with E-state index in [0.717, 1.165) is 57.9 Å². The van der Waals surface area contributed by atoms with E-state index >= 15 is 0 Å². The van der Waals surface area contributed by atoms with Gasteiger partial charge in [-0.05, 0) is 37.2 Å². The number of carbonyl (C=O) groups is 1. The summed E-state index contributed by atoms with van der Waals surface area (Å²) in [6.07, 6.45) is 8.59. The summed E-state index contributed by atoms with van der Waals surface area (Å²) in [6, 6.07) is 10.6. The van der Waals surface area contributed by atoms with Crippen LogP contribution in [0.25, 0.3) is 0 Å². The molecule has 3 fully saturated rings. The Bertz CT molecular complexity index is 769. The summed E-state index contributed by atoms with van der Waals surface area (Å²) in [5.74, 6) is 2.59. The molecule has 2 saturated heterocycles. The predicted molar refractivity (Wildman–Crippen MR) is 121 cm³/mol. The molecule has 0 spiro atoms. The highest BCUT2D eigenvalue weighted by Gasteiger charge is 2.44. The molecular formula is C25H36N4O2. The van der Waals surface area contributed by atoms with Crippen molar-refractivity contribution in [1.82, 2.24) is 15.1 Å². The van der Waals surface area contributed by atoms with E-state index in [1.807, 2.05) is 0 Å². The molecule has 1 N–H and O–H groups in total. The van der Waals surface area contributed by atoms with Crippen LogP contribution in [0, 0.1) is 17.8 Å². The van der Waals surface area contributed by atoms with Crippen molar-refractivity contribution in [3.63, 3.8) is 0 Å². The number of hydrogen-bond acceptors (Lipinski definition) is 5. The van der Waals surface area contributed by atoms with Gasteiger partial charge in [-0.1, -0.05) is 54.8 Å². The Morgan fingerprint density at radius 1 is 1.03 bits per heavy atom. The van der Waals surface area contributed by atoms with Crippen molar-refractivity contribution in [2.45, 2.75) is 57.6 Å². The maximum absolute atomic E-state index is 12.7. The molecule has 2 atom stereocenters. The number of likely N-dealkylation sites (tertiary alicyclic amines) is 2. The third-order valence-electron chi connectivity index (χ3n) is 7.68. The molecule has 4 aliphatic rings. The van der Waals surface area contributed by atoms with Crippen molar-refractivity contribution in [3.05, 3.63) is 35.9 Å². The third-order valence-corrected chi connectivity index (χ3v) is 7.68. The minimum atomic E-state index is 0.150. The highest BCUT2D eigenvalue weighted by Crippen LogP contribution is 2.31. The number of oxime groups is 1. The van der Waals surface area contributed by atoms with E-state index < -0.39 is 0 Å². The summed E-state index contributed by atoms with van der Waals surface area (Å²) in [4.78, 5) is 23.3. The zero-order valence-electron chi connectivity index (χ0n) is 18.5. The molecular weight excluding hydrogens is 388 g/mol. The van der Waals surface area contributed by atoms with E-state index in [0.29, 0.717) is 11.8 Å². The van der Waals surface area contributed by atoms with Gasteiger partial charge >= 0.3 is 0 Å². The van der Waals surface area contributed by atoms with Gasteiger partial charge in [-0.3, -0.25) is 9.69 Å². The Kier molecular flexibility index (Phi) is 6.44. The van der Waals surface area contributed by atoms with E-state index in [1.54, 1.807) is 0 Å². The quantitative estimate of drug-likeness (QED) is 0.788. The summed E-state index contributed by atoms with van der Waals surface area (Å²) >= 11 is 0. The number of nitrogens with one attached hydrogen (secondary N) is 1. The number of amidine groups is 1. The van der Waals surface area contributed by atoms with E-state index in [9.17, 15) is 4.79 Å². The highest BCUT2D eigenvalue weighted by atomic mass is 16.6. The molecule has 1 aromatic rings. The first-order chi connectivity index (χ1) is 15.3. The fourth-order valence-corrected chi connectivity index (χ4v) is 5.81. The Hall–Kier alpha value is -2.08. The fourth-order valence-electron chi connectivity index (χ4n) is 5.81. The molecule has 0 bridgehead atoms. The smallest absolute Gasteiger partial charge is 0.223 e. The third kappa shape index (κ3) is 4.89. The monoisotopic (exact) mass is 424 g/mol. The Balaban J connectivity index is 1.08. The molecule has 1 saturated carbocycles. The molecule has 1 aliphatic carbocycles. The maximum Gasteiger partial charge on any atom is 0.223 e. The molecule has 0 aromatic heterocycles. The molecule has 3 aliphatic heterocycles.